The Morgan fingerprint density at radius 3 is 2.63 bits per heavy atom. The molecule has 1 aromatic carbocycles. The van der Waals surface area contributed by atoms with Gasteiger partial charge >= 0.3 is 0 Å². The molecular weight excluding hydrogens is 597 g/mol. The van der Waals surface area contributed by atoms with E-state index in [4.69, 9.17) is 4.74 Å². The Balaban J connectivity index is 1.20. The van der Waals surface area contributed by atoms with Gasteiger partial charge < -0.3 is 20.3 Å². The number of halogens is 1. The molecule has 3 amide bonds. The molecular formula is C29H34FN5O6S2. The van der Waals surface area contributed by atoms with E-state index in [9.17, 15) is 27.2 Å². The number of fused-ring (bicyclic) bond motifs is 2. The zero-order valence-corrected chi connectivity index (χ0v) is 25.1. The van der Waals surface area contributed by atoms with Gasteiger partial charge in [0.15, 0.2) is 5.13 Å². The Bertz CT molecular complexity index is 1480. The summed E-state index contributed by atoms with van der Waals surface area (Å²) in [6, 6.07) is 4.42. The van der Waals surface area contributed by atoms with Gasteiger partial charge in [0.1, 0.15) is 23.4 Å². The second kappa shape index (κ2) is 12.1. The van der Waals surface area contributed by atoms with Crippen molar-refractivity contribution in [1.82, 2.24) is 19.9 Å². The van der Waals surface area contributed by atoms with Crippen molar-refractivity contribution in [3.63, 3.8) is 0 Å². The Hall–Kier alpha value is -3.10. The molecule has 2 aliphatic heterocycles. The van der Waals surface area contributed by atoms with E-state index >= 15 is 0 Å². The fourth-order valence-corrected chi connectivity index (χ4v) is 7.92. The number of benzene rings is 1. The molecule has 2 aliphatic carbocycles. The summed E-state index contributed by atoms with van der Waals surface area (Å²) in [5.41, 5.74) is 0.0484. The molecule has 0 unspecified atom stereocenters. The van der Waals surface area contributed by atoms with Crippen molar-refractivity contribution in [3.8, 4) is 11.3 Å². The summed E-state index contributed by atoms with van der Waals surface area (Å²) in [7, 11) is -3.79. The summed E-state index contributed by atoms with van der Waals surface area (Å²) in [4.78, 5) is 46.9. The summed E-state index contributed by atoms with van der Waals surface area (Å²) >= 11 is 1.32. The number of nitrogens with one attached hydrogen (secondary N) is 3. The minimum atomic E-state index is -3.79. The van der Waals surface area contributed by atoms with Gasteiger partial charge in [-0.1, -0.05) is 0 Å². The number of hydrogen-bond donors (Lipinski definition) is 3. The van der Waals surface area contributed by atoms with Crippen molar-refractivity contribution in [2.45, 2.75) is 74.2 Å². The van der Waals surface area contributed by atoms with E-state index in [1.54, 1.807) is 12.1 Å². The molecule has 6 rings (SSSR count). The molecule has 4 atom stereocenters. The van der Waals surface area contributed by atoms with Crippen LogP contribution in [-0.4, -0.2) is 78.7 Å². The van der Waals surface area contributed by atoms with Crippen LogP contribution in [0, 0.1) is 18.2 Å². The highest BCUT2D eigenvalue weighted by Gasteiger charge is 2.62. The lowest BCUT2D eigenvalue weighted by atomic mass is 10.1. The van der Waals surface area contributed by atoms with Crippen molar-refractivity contribution in [3.05, 3.63) is 41.9 Å². The van der Waals surface area contributed by atoms with Crippen LogP contribution in [0.2, 0.25) is 0 Å². The van der Waals surface area contributed by atoms with Crippen LogP contribution >= 0.6 is 11.3 Å². The molecule has 4 fully saturated rings. The number of sulfonamides is 1. The molecule has 11 nitrogen and oxygen atoms in total. The predicted molar refractivity (Wildman–Crippen MR) is 157 cm³/mol. The highest BCUT2D eigenvalue weighted by Crippen LogP contribution is 2.47. The summed E-state index contributed by atoms with van der Waals surface area (Å²) in [5, 5.41) is 7.85. The van der Waals surface area contributed by atoms with Crippen LogP contribution < -0.4 is 15.4 Å². The molecule has 3 N–H and O–H groups in total. The third-order valence-electron chi connectivity index (χ3n) is 8.50. The van der Waals surface area contributed by atoms with E-state index < -0.39 is 44.7 Å². The zero-order chi connectivity index (χ0) is 30.2. The molecule has 0 bridgehead atoms. The van der Waals surface area contributed by atoms with Gasteiger partial charge in [-0.3, -0.25) is 19.1 Å². The molecule has 3 heterocycles. The first-order valence-corrected chi connectivity index (χ1v) is 17.0. The quantitative estimate of drug-likeness (QED) is 0.441. The first-order valence-electron chi connectivity index (χ1n) is 14.6. The molecule has 2 radical (unpaired) electrons. The van der Waals surface area contributed by atoms with Crippen LogP contribution in [-0.2, 0) is 29.1 Å². The number of aromatic nitrogens is 1. The molecule has 14 heteroatoms. The molecule has 43 heavy (non-hydrogen) atoms. The number of ether oxygens (including phenoxy) is 1. The van der Waals surface area contributed by atoms with Crippen LogP contribution in [0.3, 0.4) is 0 Å². The van der Waals surface area contributed by atoms with Crippen molar-refractivity contribution in [2.24, 2.45) is 5.92 Å². The maximum Gasteiger partial charge on any atom is 0.259 e. The Morgan fingerprint density at radius 1 is 1.14 bits per heavy atom. The molecule has 1 aromatic heterocycles. The lowest BCUT2D eigenvalue weighted by Gasteiger charge is -2.30. The van der Waals surface area contributed by atoms with E-state index in [1.807, 2.05) is 5.38 Å². The van der Waals surface area contributed by atoms with Crippen LogP contribution in [0.5, 0.6) is 0 Å². The topological polar surface area (TPSA) is 147 Å². The number of anilines is 1. The fourth-order valence-electron chi connectivity index (χ4n) is 5.78. The third kappa shape index (κ3) is 6.55. The van der Waals surface area contributed by atoms with Gasteiger partial charge in [-0.05, 0) is 81.5 Å². The van der Waals surface area contributed by atoms with E-state index in [0.29, 0.717) is 69.0 Å². The van der Waals surface area contributed by atoms with Crippen molar-refractivity contribution < 1.29 is 31.9 Å². The number of rotatable bonds is 6. The number of thiazole rings is 1. The van der Waals surface area contributed by atoms with Gasteiger partial charge in [0.2, 0.25) is 21.8 Å². The molecule has 230 valence electrons. The largest absolute Gasteiger partial charge is 0.381 e. The smallest absolute Gasteiger partial charge is 0.259 e. The van der Waals surface area contributed by atoms with Crippen LogP contribution in [0.4, 0.5) is 9.52 Å². The monoisotopic (exact) mass is 631 g/mol. The Kier molecular flexibility index (Phi) is 8.44. The van der Waals surface area contributed by atoms with Gasteiger partial charge in [0.25, 0.3) is 5.91 Å². The number of nitrogens with zero attached hydrogens (tertiary/aromatic N) is 2. The normalized spacial score (nSPS) is 28.6. The van der Waals surface area contributed by atoms with Gasteiger partial charge in [0.05, 0.1) is 10.9 Å². The minimum Gasteiger partial charge on any atom is -0.381 e. The highest BCUT2D eigenvalue weighted by molar-refractivity contribution is 7.91. The first-order chi connectivity index (χ1) is 20.7. The van der Waals surface area contributed by atoms with Gasteiger partial charge in [-0.15, -0.1) is 11.3 Å². The van der Waals surface area contributed by atoms with Crippen LogP contribution in [0.25, 0.3) is 11.3 Å². The predicted octanol–water partition coefficient (Wildman–Crippen LogP) is 2.49. The van der Waals surface area contributed by atoms with E-state index in [-0.39, 0.29) is 30.6 Å². The average Bonchev–Trinajstić information content (AvgIpc) is 3.84. The van der Waals surface area contributed by atoms with Gasteiger partial charge in [-0.25, -0.2) is 17.8 Å². The van der Waals surface area contributed by atoms with Crippen LogP contribution in [0.15, 0.2) is 29.6 Å². The van der Waals surface area contributed by atoms with Gasteiger partial charge in [0, 0.05) is 37.1 Å². The van der Waals surface area contributed by atoms with E-state index in [2.05, 4.69) is 26.8 Å². The average molecular weight is 632 g/mol. The Morgan fingerprint density at radius 2 is 1.88 bits per heavy atom. The van der Waals surface area contributed by atoms with E-state index in [0.717, 1.165) is 5.56 Å². The maximum absolute atomic E-state index is 13.9. The van der Waals surface area contributed by atoms with Crippen molar-refractivity contribution in [2.75, 3.05) is 25.1 Å². The third-order valence-corrected chi connectivity index (χ3v) is 11.1. The highest BCUT2D eigenvalue weighted by atomic mass is 32.2. The molecule has 2 saturated heterocycles. The second-order valence-corrected chi connectivity index (χ2v) is 14.4. The summed E-state index contributed by atoms with van der Waals surface area (Å²) < 4.78 is 46.5. The fraction of sp³-hybridized carbons (Fsp3) is 0.552. The molecule has 4 aliphatic rings. The SMILES string of the molecule is O=C1N[C@]2(C(=O)NS(=O)(=O)C3CC3)C[C@H]2CCCOCCC[C@H](Nc2nc(-c3ccc(F)cc3)cs2)C(=O)N2C[C]C[C@@H]12. The van der Waals surface area contributed by atoms with Crippen molar-refractivity contribution in [1.29, 1.82) is 0 Å². The molecule has 0 spiro atoms. The maximum atomic E-state index is 13.9. The molecule has 2 aromatic rings. The zero-order valence-electron chi connectivity index (χ0n) is 23.5. The van der Waals surface area contributed by atoms with Crippen molar-refractivity contribution >= 4 is 44.2 Å². The number of hydrogen-bond acceptors (Lipinski definition) is 9. The van der Waals surface area contributed by atoms with Gasteiger partial charge in [-0.2, -0.15) is 0 Å². The second-order valence-electron chi connectivity index (χ2n) is 11.6. The summed E-state index contributed by atoms with van der Waals surface area (Å²) in [5.74, 6) is -2.09. The van der Waals surface area contributed by atoms with E-state index in [1.165, 1.54) is 28.4 Å². The minimum absolute atomic E-state index is 0.142. The first kappa shape index (κ1) is 29.9. The summed E-state index contributed by atoms with van der Waals surface area (Å²) in [6.45, 7) is 1.02. The lowest BCUT2D eigenvalue weighted by molar-refractivity contribution is -0.140. The standard InChI is InChI=1S/C29H34FN5O6S2/c30-20-9-7-18(8-10-20)23-17-42-28(32-23)31-22-5-3-15-41-14-2-4-19-16-29(19,27(38)34-43(39,40)21-11-12-21)33-25(36)24-6-1-13-35(24)26(22)37/h7-10,17,19,21-22,24H,2-6,11-16H2,(H,31,32)(H,33,36)(H,34,38)/t19-,22+,24+,29-/m1/s1. The molecule has 2 saturated carbocycles. The summed E-state index contributed by atoms with van der Waals surface area (Å²) in [6.07, 6.45) is 6.89. The number of carbonyl (C=O) groups excluding carboxylic acids is 3. The Labute approximate surface area is 254 Å². The lowest BCUT2D eigenvalue weighted by Crippen LogP contribution is -2.57. The van der Waals surface area contributed by atoms with Crippen LogP contribution in [0.1, 0.15) is 51.4 Å². The number of carbonyl (C=O) groups is 3. The number of amides is 3.